The zero-order chi connectivity index (χ0) is 24.4. The fourth-order valence-electron chi connectivity index (χ4n) is 3.26. The van der Waals surface area contributed by atoms with Crippen molar-refractivity contribution in [3.05, 3.63) is 70.3 Å². The topological polar surface area (TPSA) is 84.7 Å². The molecule has 180 valence electrons. The smallest absolute Gasteiger partial charge is 0.407 e. The summed E-state index contributed by atoms with van der Waals surface area (Å²) in [6, 6.07) is 16.6. The molecule has 0 bridgehead atoms. The number of nitro groups is 1. The highest BCUT2D eigenvalue weighted by atomic mass is 32.2. The van der Waals surface area contributed by atoms with Crippen molar-refractivity contribution in [1.82, 2.24) is 9.62 Å². The Hall–Kier alpha value is -2.58. The Morgan fingerprint density at radius 3 is 2.30 bits per heavy atom. The summed E-state index contributed by atoms with van der Waals surface area (Å²) in [5.74, 6) is 0.446. The Morgan fingerprint density at radius 2 is 1.76 bits per heavy atom. The predicted octanol–water partition coefficient (Wildman–Crippen LogP) is 6.09. The van der Waals surface area contributed by atoms with Crippen LogP contribution in [0.15, 0.2) is 59.5 Å². The lowest BCUT2D eigenvalue weighted by Gasteiger charge is -2.27. The van der Waals surface area contributed by atoms with Gasteiger partial charge >= 0.3 is 6.09 Å². The van der Waals surface area contributed by atoms with Crippen LogP contribution in [0.25, 0.3) is 0 Å². The van der Waals surface area contributed by atoms with Gasteiger partial charge < -0.3 is 10.1 Å². The number of amides is 1. The number of nitrogens with zero attached hydrogens (tertiary/aromatic N) is 2. The van der Waals surface area contributed by atoms with E-state index in [0.29, 0.717) is 12.3 Å². The minimum absolute atomic E-state index is 0.0826. The van der Waals surface area contributed by atoms with Gasteiger partial charge in [0.05, 0.1) is 4.92 Å². The summed E-state index contributed by atoms with van der Waals surface area (Å²) in [5, 5.41) is 14.0. The molecule has 0 aromatic heterocycles. The molecule has 0 spiro atoms. The number of carbonyl (C=O) groups is 1. The summed E-state index contributed by atoms with van der Waals surface area (Å²) >= 11 is 1.58. The van der Waals surface area contributed by atoms with E-state index < -0.39 is 16.6 Å². The van der Waals surface area contributed by atoms with E-state index in [1.165, 1.54) is 12.1 Å². The molecule has 0 saturated heterocycles. The predicted molar refractivity (Wildman–Crippen MR) is 133 cm³/mol. The number of alkyl carbamates (subject to hydrolysis) is 1. The number of nitro benzene ring substituents is 1. The number of hydrogen-bond acceptors (Lipinski definition) is 6. The molecule has 0 aliphatic rings. The Morgan fingerprint density at radius 1 is 1.12 bits per heavy atom. The number of nitrogens with one attached hydrogen (secondary N) is 1. The number of ether oxygens (including phenoxy) is 1. The molecule has 0 saturated carbocycles. The van der Waals surface area contributed by atoms with Crippen molar-refractivity contribution in [3.8, 4) is 0 Å². The maximum atomic E-state index is 12.5. The fraction of sp³-hybridized carbons (Fsp3) is 0.480. The molecule has 0 aliphatic carbocycles. The van der Waals surface area contributed by atoms with Crippen molar-refractivity contribution in [2.45, 2.75) is 64.0 Å². The highest BCUT2D eigenvalue weighted by Crippen LogP contribution is 2.26. The number of non-ortho nitro benzene ring substituents is 1. The van der Waals surface area contributed by atoms with Gasteiger partial charge in [-0.05, 0) is 69.2 Å². The van der Waals surface area contributed by atoms with E-state index in [-0.39, 0.29) is 11.7 Å². The van der Waals surface area contributed by atoms with E-state index in [2.05, 4.69) is 35.6 Å². The van der Waals surface area contributed by atoms with E-state index >= 15 is 0 Å². The van der Waals surface area contributed by atoms with Crippen LogP contribution in [0.2, 0.25) is 0 Å². The number of carbonyl (C=O) groups excluding carboxylic acids is 1. The maximum absolute atomic E-state index is 12.5. The molecule has 33 heavy (non-hydrogen) atoms. The quantitative estimate of drug-likeness (QED) is 0.242. The van der Waals surface area contributed by atoms with Gasteiger partial charge in [-0.1, -0.05) is 44.2 Å². The van der Waals surface area contributed by atoms with Crippen LogP contribution >= 0.6 is 11.9 Å². The fourth-order valence-corrected chi connectivity index (χ4v) is 4.38. The minimum Gasteiger partial charge on any atom is -0.444 e. The first-order valence-corrected chi connectivity index (χ1v) is 12.0. The first-order chi connectivity index (χ1) is 15.5. The third-order valence-electron chi connectivity index (χ3n) is 4.62. The van der Waals surface area contributed by atoms with Gasteiger partial charge in [-0.3, -0.25) is 10.1 Å². The number of hydrogen-bond donors (Lipinski definition) is 1. The molecule has 1 atom stereocenters. The monoisotopic (exact) mass is 473 g/mol. The summed E-state index contributed by atoms with van der Waals surface area (Å²) in [4.78, 5) is 23.9. The summed E-state index contributed by atoms with van der Waals surface area (Å²) in [6.07, 6.45) is 1.03. The van der Waals surface area contributed by atoms with Gasteiger partial charge in [-0.2, -0.15) is 0 Å². The summed E-state index contributed by atoms with van der Waals surface area (Å²) in [7, 11) is 0. The Labute approximate surface area is 201 Å². The van der Waals surface area contributed by atoms with Gasteiger partial charge in [0.1, 0.15) is 5.60 Å². The molecule has 2 aromatic carbocycles. The van der Waals surface area contributed by atoms with Crippen LogP contribution in [0, 0.1) is 16.0 Å². The molecule has 0 fully saturated rings. The standard InChI is InChI=1S/C25H35N3O4S/c1-19(2)18-27(33-23-13-11-22(12-14-23)28(30)31)16-15-21(17-20-9-7-6-8-10-20)26-24(29)32-25(3,4)5/h6-14,19,21H,15-18H2,1-5H3,(H,26,29). The van der Waals surface area contributed by atoms with Crippen LogP contribution in [0.3, 0.4) is 0 Å². The SMILES string of the molecule is CC(C)CN(CCC(Cc1ccccc1)NC(=O)OC(C)(C)C)Sc1ccc([N+](=O)[O-])cc1. The third kappa shape index (κ3) is 10.7. The van der Waals surface area contributed by atoms with E-state index in [1.54, 1.807) is 24.1 Å². The molecule has 0 aliphatic heterocycles. The van der Waals surface area contributed by atoms with E-state index in [0.717, 1.165) is 30.0 Å². The van der Waals surface area contributed by atoms with Gasteiger partial charge in [0, 0.05) is 36.2 Å². The lowest BCUT2D eigenvalue weighted by atomic mass is 10.0. The molecule has 1 amide bonds. The Bertz CT molecular complexity index is 883. The highest BCUT2D eigenvalue weighted by molar-refractivity contribution is 7.97. The van der Waals surface area contributed by atoms with Gasteiger partial charge in [-0.15, -0.1) is 0 Å². The van der Waals surface area contributed by atoms with Gasteiger partial charge in [0.2, 0.25) is 0 Å². The third-order valence-corrected chi connectivity index (χ3v) is 5.70. The van der Waals surface area contributed by atoms with Crippen LogP contribution < -0.4 is 5.32 Å². The summed E-state index contributed by atoms with van der Waals surface area (Å²) in [6.45, 7) is 11.5. The van der Waals surface area contributed by atoms with E-state index in [1.807, 2.05) is 39.0 Å². The first kappa shape index (κ1) is 26.7. The van der Waals surface area contributed by atoms with Crippen LogP contribution in [0.4, 0.5) is 10.5 Å². The average Bonchev–Trinajstić information content (AvgIpc) is 2.71. The zero-order valence-electron chi connectivity index (χ0n) is 20.1. The number of rotatable bonds is 11. The lowest BCUT2D eigenvalue weighted by molar-refractivity contribution is -0.384. The minimum atomic E-state index is -0.559. The number of benzene rings is 2. The van der Waals surface area contributed by atoms with Crippen molar-refractivity contribution < 1.29 is 14.5 Å². The van der Waals surface area contributed by atoms with Crippen molar-refractivity contribution in [2.75, 3.05) is 13.1 Å². The molecule has 0 radical (unpaired) electrons. The molecule has 0 heterocycles. The van der Waals surface area contributed by atoms with Crippen LogP contribution in [0.5, 0.6) is 0 Å². The molecule has 1 unspecified atom stereocenters. The summed E-state index contributed by atoms with van der Waals surface area (Å²) < 4.78 is 7.73. The molecule has 8 heteroatoms. The van der Waals surface area contributed by atoms with Crippen LogP contribution in [-0.4, -0.2) is 40.1 Å². The van der Waals surface area contributed by atoms with Crippen molar-refractivity contribution in [1.29, 1.82) is 0 Å². The molecular formula is C25H35N3O4S. The largest absolute Gasteiger partial charge is 0.444 e. The van der Waals surface area contributed by atoms with Crippen molar-refractivity contribution >= 4 is 23.7 Å². The van der Waals surface area contributed by atoms with Crippen LogP contribution in [-0.2, 0) is 11.2 Å². The maximum Gasteiger partial charge on any atom is 0.407 e. The second kappa shape index (κ2) is 12.6. The molecular weight excluding hydrogens is 438 g/mol. The van der Waals surface area contributed by atoms with E-state index in [9.17, 15) is 14.9 Å². The van der Waals surface area contributed by atoms with Crippen LogP contribution in [0.1, 0.15) is 46.6 Å². The second-order valence-electron chi connectivity index (χ2n) is 9.45. The first-order valence-electron chi connectivity index (χ1n) is 11.2. The summed E-state index contributed by atoms with van der Waals surface area (Å²) in [5.41, 5.74) is 0.674. The van der Waals surface area contributed by atoms with Gasteiger partial charge in [-0.25, -0.2) is 9.10 Å². The molecule has 1 N–H and O–H groups in total. The second-order valence-corrected chi connectivity index (χ2v) is 10.6. The lowest BCUT2D eigenvalue weighted by Crippen LogP contribution is -2.41. The molecule has 7 nitrogen and oxygen atoms in total. The zero-order valence-corrected chi connectivity index (χ0v) is 20.9. The Balaban J connectivity index is 2.08. The Kier molecular flexibility index (Phi) is 10.2. The molecule has 2 rings (SSSR count). The van der Waals surface area contributed by atoms with Crippen molar-refractivity contribution in [3.63, 3.8) is 0 Å². The van der Waals surface area contributed by atoms with Gasteiger partial charge in [0.25, 0.3) is 5.69 Å². The van der Waals surface area contributed by atoms with Gasteiger partial charge in [0.15, 0.2) is 0 Å². The molecule has 2 aromatic rings. The average molecular weight is 474 g/mol. The normalized spacial score (nSPS) is 12.6. The highest BCUT2D eigenvalue weighted by Gasteiger charge is 2.21. The van der Waals surface area contributed by atoms with Crippen molar-refractivity contribution in [2.24, 2.45) is 5.92 Å². The van der Waals surface area contributed by atoms with E-state index in [4.69, 9.17) is 4.74 Å².